The van der Waals surface area contributed by atoms with Gasteiger partial charge in [0.05, 0.1) is 22.6 Å². The molecule has 5 rings (SSSR count). The Kier molecular flexibility index (Phi) is 5.83. The molecular weight excluding hydrogens is 430 g/mol. The molecule has 2 N–H and O–H groups in total. The van der Waals surface area contributed by atoms with Crippen LogP contribution in [0.15, 0.2) is 113 Å². The van der Waals surface area contributed by atoms with Gasteiger partial charge in [0.15, 0.2) is 0 Å². The number of para-hydroxylation sites is 3. The minimum absolute atomic E-state index is 0.246. The summed E-state index contributed by atoms with van der Waals surface area (Å²) in [5.41, 5.74) is 3.50. The lowest BCUT2D eigenvalue weighted by molar-refractivity contribution is 0.0952. The third-order valence-corrected chi connectivity index (χ3v) is 6.47. The SMILES string of the molecule is O=C(NCc1ccccc1)c1ccccc1NC(=O)N1c2ccccc2Sc2ccccc21. The molecule has 162 valence electrons. The lowest BCUT2D eigenvalue weighted by Crippen LogP contribution is -2.33. The second-order valence-electron chi connectivity index (χ2n) is 7.52. The highest BCUT2D eigenvalue weighted by Gasteiger charge is 2.28. The first-order valence-corrected chi connectivity index (χ1v) is 11.4. The molecule has 1 aliphatic rings. The summed E-state index contributed by atoms with van der Waals surface area (Å²) < 4.78 is 0. The molecule has 4 aromatic rings. The van der Waals surface area contributed by atoms with E-state index < -0.39 is 0 Å². The summed E-state index contributed by atoms with van der Waals surface area (Å²) >= 11 is 1.64. The molecule has 0 radical (unpaired) electrons. The molecule has 33 heavy (non-hydrogen) atoms. The van der Waals surface area contributed by atoms with Gasteiger partial charge in [-0.3, -0.25) is 9.69 Å². The number of carbonyl (C=O) groups is 2. The number of fused-ring (bicyclic) bond motifs is 2. The van der Waals surface area contributed by atoms with E-state index in [1.165, 1.54) is 0 Å². The Balaban J connectivity index is 1.41. The smallest absolute Gasteiger partial charge is 0.331 e. The van der Waals surface area contributed by atoms with Crippen molar-refractivity contribution in [1.29, 1.82) is 0 Å². The Hall–Kier alpha value is -4.03. The Labute approximate surface area is 196 Å². The summed E-state index contributed by atoms with van der Waals surface area (Å²) in [6.45, 7) is 0.409. The van der Waals surface area contributed by atoms with E-state index in [0.29, 0.717) is 17.8 Å². The van der Waals surface area contributed by atoms with Crippen LogP contribution in [0.3, 0.4) is 0 Å². The Morgan fingerprint density at radius 1 is 0.697 bits per heavy atom. The van der Waals surface area contributed by atoms with Gasteiger partial charge in [-0.05, 0) is 42.0 Å². The van der Waals surface area contributed by atoms with Crippen LogP contribution in [-0.4, -0.2) is 11.9 Å². The molecule has 0 spiro atoms. The van der Waals surface area contributed by atoms with Gasteiger partial charge in [-0.15, -0.1) is 0 Å². The normalized spacial score (nSPS) is 11.8. The fraction of sp³-hybridized carbons (Fsp3) is 0.0370. The van der Waals surface area contributed by atoms with Gasteiger partial charge in [-0.1, -0.05) is 78.5 Å². The number of hydrogen-bond acceptors (Lipinski definition) is 3. The largest absolute Gasteiger partial charge is 0.348 e. The minimum Gasteiger partial charge on any atom is -0.348 e. The topological polar surface area (TPSA) is 61.4 Å². The fourth-order valence-electron chi connectivity index (χ4n) is 3.76. The molecule has 6 heteroatoms. The minimum atomic E-state index is -0.321. The average Bonchev–Trinajstić information content (AvgIpc) is 2.86. The van der Waals surface area contributed by atoms with Crippen LogP contribution in [-0.2, 0) is 6.54 Å². The molecule has 0 aromatic heterocycles. The predicted octanol–water partition coefficient (Wildman–Crippen LogP) is 6.45. The molecule has 3 amide bonds. The third kappa shape index (κ3) is 4.33. The van der Waals surface area contributed by atoms with Crippen molar-refractivity contribution in [3.05, 3.63) is 114 Å². The molecule has 0 bridgehead atoms. The van der Waals surface area contributed by atoms with Crippen molar-refractivity contribution in [2.75, 3.05) is 10.2 Å². The predicted molar refractivity (Wildman–Crippen MR) is 132 cm³/mol. The fourth-order valence-corrected chi connectivity index (χ4v) is 4.82. The number of amides is 3. The molecule has 1 heterocycles. The maximum Gasteiger partial charge on any atom is 0.331 e. The molecule has 0 fully saturated rings. The van der Waals surface area contributed by atoms with E-state index in [4.69, 9.17) is 0 Å². The van der Waals surface area contributed by atoms with Gasteiger partial charge >= 0.3 is 6.03 Å². The van der Waals surface area contributed by atoms with Gasteiger partial charge in [0, 0.05) is 16.3 Å². The summed E-state index contributed by atoms with van der Waals surface area (Å²) in [6, 6.07) is 32.0. The Bertz CT molecular complexity index is 1280. The standard InChI is InChI=1S/C27H21N3O2S/c31-26(28-18-19-10-2-1-3-11-19)20-12-4-5-13-21(20)29-27(32)30-22-14-6-8-16-24(22)33-25-17-9-7-15-23(25)30/h1-17H,18H2,(H,28,31)(H,29,32). The van der Waals surface area contributed by atoms with E-state index in [2.05, 4.69) is 10.6 Å². The number of urea groups is 1. The van der Waals surface area contributed by atoms with E-state index >= 15 is 0 Å². The number of rotatable bonds is 4. The highest BCUT2D eigenvalue weighted by Crippen LogP contribution is 2.48. The summed E-state index contributed by atoms with van der Waals surface area (Å²) in [5.74, 6) is -0.246. The molecule has 0 saturated heterocycles. The second kappa shape index (κ2) is 9.22. The van der Waals surface area contributed by atoms with Crippen LogP contribution in [0.1, 0.15) is 15.9 Å². The molecule has 0 saturated carbocycles. The van der Waals surface area contributed by atoms with E-state index in [-0.39, 0.29) is 11.9 Å². The zero-order valence-electron chi connectivity index (χ0n) is 17.7. The average molecular weight is 452 g/mol. The summed E-state index contributed by atoms with van der Waals surface area (Å²) in [7, 11) is 0. The Morgan fingerprint density at radius 3 is 1.97 bits per heavy atom. The van der Waals surface area contributed by atoms with Crippen molar-refractivity contribution in [3.63, 3.8) is 0 Å². The Morgan fingerprint density at radius 2 is 1.27 bits per heavy atom. The van der Waals surface area contributed by atoms with Crippen molar-refractivity contribution >= 4 is 40.8 Å². The van der Waals surface area contributed by atoms with E-state index in [9.17, 15) is 9.59 Å². The monoisotopic (exact) mass is 451 g/mol. The van der Waals surface area contributed by atoms with Crippen LogP contribution in [0.4, 0.5) is 21.9 Å². The number of nitrogens with one attached hydrogen (secondary N) is 2. The van der Waals surface area contributed by atoms with Gasteiger partial charge in [-0.2, -0.15) is 0 Å². The maximum absolute atomic E-state index is 13.5. The third-order valence-electron chi connectivity index (χ3n) is 5.34. The highest BCUT2D eigenvalue weighted by atomic mass is 32.2. The number of benzene rings is 4. The highest BCUT2D eigenvalue weighted by molar-refractivity contribution is 7.99. The first-order valence-electron chi connectivity index (χ1n) is 10.6. The van der Waals surface area contributed by atoms with Gasteiger partial charge in [-0.25, -0.2) is 4.79 Å². The quantitative estimate of drug-likeness (QED) is 0.375. The molecular formula is C27H21N3O2S. The number of hydrogen-bond donors (Lipinski definition) is 2. The zero-order valence-corrected chi connectivity index (χ0v) is 18.5. The van der Waals surface area contributed by atoms with Crippen LogP contribution >= 0.6 is 11.8 Å². The van der Waals surface area contributed by atoms with E-state index in [0.717, 1.165) is 26.7 Å². The second-order valence-corrected chi connectivity index (χ2v) is 8.60. The van der Waals surface area contributed by atoms with Crippen LogP contribution in [0.5, 0.6) is 0 Å². The number of nitrogens with zero attached hydrogens (tertiary/aromatic N) is 1. The molecule has 1 aliphatic heterocycles. The van der Waals surface area contributed by atoms with Crippen molar-refractivity contribution in [1.82, 2.24) is 5.32 Å². The molecule has 0 atom stereocenters. The zero-order chi connectivity index (χ0) is 22.6. The molecule has 0 aliphatic carbocycles. The first-order chi connectivity index (χ1) is 16.2. The molecule has 5 nitrogen and oxygen atoms in total. The summed E-state index contributed by atoms with van der Waals surface area (Å²) in [4.78, 5) is 30.1. The van der Waals surface area contributed by atoms with Gasteiger partial charge in [0.2, 0.25) is 0 Å². The molecule has 4 aromatic carbocycles. The van der Waals surface area contributed by atoms with Crippen molar-refractivity contribution < 1.29 is 9.59 Å². The maximum atomic E-state index is 13.5. The summed E-state index contributed by atoms with van der Waals surface area (Å²) in [6.07, 6.45) is 0. The van der Waals surface area contributed by atoms with Gasteiger partial charge < -0.3 is 10.6 Å². The lowest BCUT2D eigenvalue weighted by Gasteiger charge is -2.31. The van der Waals surface area contributed by atoms with Crippen LogP contribution in [0.2, 0.25) is 0 Å². The number of carbonyl (C=O) groups excluding carboxylic acids is 2. The van der Waals surface area contributed by atoms with Crippen LogP contribution in [0.25, 0.3) is 0 Å². The van der Waals surface area contributed by atoms with Crippen molar-refractivity contribution in [2.24, 2.45) is 0 Å². The van der Waals surface area contributed by atoms with Gasteiger partial charge in [0.1, 0.15) is 0 Å². The number of anilines is 3. The first kappa shape index (κ1) is 20.8. The van der Waals surface area contributed by atoms with Crippen molar-refractivity contribution in [3.8, 4) is 0 Å². The van der Waals surface area contributed by atoms with E-state index in [1.54, 1.807) is 40.9 Å². The van der Waals surface area contributed by atoms with E-state index in [1.807, 2.05) is 78.9 Å². The van der Waals surface area contributed by atoms with Crippen LogP contribution in [0, 0.1) is 0 Å². The van der Waals surface area contributed by atoms with Crippen molar-refractivity contribution in [2.45, 2.75) is 16.3 Å². The van der Waals surface area contributed by atoms with Gasteiger partial charge in [0.25, 0.3) is 5.91 Å². The lowest BCUT2D eigenvalue weighted by atomic mass is 10.1. The molecule has 0 unspecified atom stereocenters. The summed E-state index contributed by atoms with van der Waals surface area (Å²) in [5, 5.41) is 5.89. The van der Waals surface area contributed by atoms with Crippen LogP contribution < -0.4 is 15.5 Å².